The zero-order valence-electron chi connectivity index (χ0n) is 9.37. The van der Waals surface area contributed by atoms with E-state index in [1.54, 1.807) is 19.9 Å². The van der Waals surface area contributed by atoms with Gasteiger partial charge < -0.3 is 5.11 Å². The molecule has 0 amide bonds. The van der Waals surface area contributed by atoms with Gasteiger partial charge in [0.25, 0.3) is 0 Å². The molecule has 0 aliphatic rings. The van der Waals surface area contributed by atoms with Crippen LogP contribution in [0.15, 0.2) is 27.6 Å². The fourth-order valence-electron chi connectivity index (χ4n) is 1.14. The number of aliphatic hydroxyl groups excluding tert-OH is 1. The summed E-state index contributed by atoms with van der Waals surface area (Å²) in [5.74, 6) is 0. The molecule has 0 fully saturated rings. The molecule has 2 N–H and O–H groups in total. The van der Waals surface area contributed by atoms with Crippen LogP contribution in [0.3, 0.4) is 0 Å². The van der Waals surface area contributed by atoms with Gasteiger partial charge >= 0.3 is 0 Å². The molecule has 0 unspecified atom stereocenters. The predicted molar refractivity (Wildman–Crippen MR) is 70.6 cm³/mol. The van der Waals surface area contributed by atoms with Gasteiger partial charge in [0.1, 0.15) is 4.90 Å². The predicted octanol–water partition coefficient (Wildman–Crippen LogP) is 2.15. The quantitative estimate of drug-likeness (QED) is 0.881. The zero-order chi connectivity index (χ0) is 13.3. The van der Waals surface area contributed by atoms with E-state index in [0.717, 1.165) is 0 Å². The van der Waals surface area contributed by atoms with Crippen molar-refractivity contribution < 1.29 is 13.5 Å². The summed E-state index contributed by atoms with van der Waals surface area (Å²) in [5.41, 5.74) is -0.935. The monoisotopic (exact) mass is 341 g/mol. The second kappa shape index (κ2) is 5.24. The minimum absolute atomic E-state index is 0.0103. The summed E-state index contributed by atoms with van der Waals surface area (Å²) in [6.07, 6.45) is 0. The highest BCUT2D eigenvalue weighted by molar-refractivity contribution is 9.10. The van der Waals surface area contributed by atoms with Crippen LogP contribution in [-0.2, 0) is 10.0 Å². The first-order valence-corrected chi connectivity index (χ1v) is 7.43. The lowest BCUT2D eigenvalue weighted by atomic mass is 10.1. The van der Waals surface area contributed by atoms with Crippen LogP contribution in [-0.4, -0.2) is 25.7 Å². The molecule has 0 heterocycles. The number of rotatable bonds is 4. The molecular weight excluding hydrogens is 330 g/mol. The van der Waals surface area contributed by atoms with Gasteiger partial charge in [-0.25, -0.2) is 13.1 Å². The lowest BCUT2D eigenvalue weighted by molar-refractivity contribution is 0.208. The fraction of sp³-hybridized carbons (Fsp3) is 0.400. The SMILES string of the molecule is CC(C)(CO)NS(=O)(=O)c1ccc(Br)cc1Cl. The highest BCUT2D eigenvalue weighted by Gasteiger charge is 2.27. The first-order valence-electron chi connectivity index (χ1n) is 4.78. The molecule has 4 nitrogen and oxygen atoms in total. The van der Waals surface area contributed by atoms with Gasteiger partial charge in [-0.2, -0.15) is 0 Å². The molecule has 1 aromatic rings. The molecule has 0 aliphatic carbocycles. The van der Waals surface area contributed by atoms with E-state index < -0.39 is 15.6 Å². The largest absolute Gasteiger partial charge is 0.394 e. The Hall–Kier alpha value is -0.140. The van der Waals surface area contributed by atoms with Crippen LogP contribution in [0.2, 0.25) is 5.02 Å². The number of nitrogens with one attached hydrogen (secondary N) is 1. The van der Waals surface area contributed by atoms with E-state index >= 15 is 0 Å². The third kappa shape index (κ3) is 3.93. The number of hydrogen-bond acceptors (Lipinski definition) is 3. The van der Waals surface area contributed by atoms with Gasteiger partial charge in [0.05, 0.1) is 17.2 Å². The van der Waals surface area contributed by atoms with Crippen LogP contribution in [0.5, 0.6) is 0 Å². The summed E-state index contributed by atoms with van der Waals surface area (Å²) in [4.78, 5) is -0.0103. The first kappa shape index (κ1) is 14.9. The second-order valence-electron chi connectivity index (χ2n) is 4.22. The molecule has 0 aliphatic heterocycles. The second-order valence-corrected chi connectivity index (χ2v) is 7.20. The molecule has 0 bridgehead atoms. The van der Waals surface area contributed by atoms with Crippen LogP contribution in [0.25, 0.3) is 0 Å². The first-order chi connectivity index (χ1) is 7.68. The third-order valence-corrected chi connectivity index (χ3v) is 4.66. The summed E-state index contributed by atoms with van der Waals surface area (Å²) < 4.78 is 27.1. The number of hydrogen-bond donors (Lipinski definition) is 2. The maximum absolute atomic E-state index is 12.0. The Labute approximate surface area is 114 Å². The average molecular weight is 343 g/mol. The van der Waals surface area contributed by atoms with Gasteiger partial charge in [-0.15, -0.1) is 0 Å². The van der Waals surface area contributed by atoms with Crippen LogP contribution >= 0.6 is 27.5 Å². The molecule has 0 spiro atoms. The summed E-state index contributed by atoms with van der Waals surface area (Å²) in [7, 11) is -3.74. The molecular formula is C10H13BrClNO3S. The summed E-state index contributed by atoms with van der Waals surface area (Å²) >= 11 is 9.07. The van der Waals surface area contributed by atoms with E-state index in [0.29, 0.717) is 4.47 Å². The van der Waals surface area contributed by atoms with Crippen molar-refractivity contribution in [3.8, 4) is 0 Å². The van der Waals surface area contributed by atoms with Gasteiger partial charge in [-0.3, -0.25) is 0 Å². The Morgan fingerprint density at radius 2 is 2.06 bits per heavy atom. The van der Waals surface area contributed by atoms with Crippen LogP contribution in [0.4, 0.5) is 0 Å². The van der Waals surface area contributed by atoms with E-state index in [4.69, 9.17) is 16.7 Å². The third-order valence-electron chi connectivity index (χ3n) is 1.99. The lowest BCUT2D eigenvalue weighted by Gasteiger charge is -2.23. The van der Waals surface area contributed by atoms with E-state index in [1.165, 1.54) is 12.1 Å². The van der Waals surface area contributed by atoms with Crippen molar-refractivity contribution in [2.24, 2.45) is 0 Å². The molecule has 0 aromatic heterocycles. The van der Waals surface area contributed by atoms with Crippen molar-refractivity contribution in [2.75, 3.05) is 6.61 Å². The van der Waals surface area contributed by atoms with Gasteiger partial charge in [0.2, 0.25) is 10.0 Å². The number of aliphatic hydroxyl groups is 1. The molecule has 7 heteroatoms. The topological polar surface area (TPSA) is 66.4 Å². The van der Waals surface area contributed by atoms with Crippen molar-refractivity contribution in [2.45, 2.75) is 24.3 Å². The lowest BCUT2D eigenvalue weighted by Crippen LogP contribution is -2.46. The highest BCUT2D eigenvalue weighted by Crippen LogP contribution is 2.25. The maximum atomic E-state index is 12.0. The van der Waals surface area contributed by atoms with Gasteiger partial charge in [0, 0.05) is 4.47 Å². The Bertz CT molecular complexity index is 516. The number of benzene rings is 1. The van der Waals surface area contributed by atoms with Crippen molar-refractivity contribution in [1.29, 1.82) is 0 Å². The van der Waals surface area contributed by atoms with Crippen LogP contribution in [0.1, 0.15) is 13.8 Å². The van der Waals surface area contributed by atoms with Crippen molar-refractivity contribution >= 4 is 37.6 Å². The van der Waals surface area contributed by atoms with Gasteiger partial charge in [-0.05, 0) is 32.0 Å². The highest BCUT2D eigenvalue weighted by atomic mass is 79.9. The summed E-state index contributed by atoms with van der Waals surface area (Å²) in [5, 5.41) is 9.18. The maximum Gasteiger partial charge on any atom is 0.242 e. The molecule has 17 heavy (non-hydrogen) atoms. The normalized spacial score (nSPS) is 12.8. The minimum Gasteiger partial charge on any atom is -0.394 e. The zero-order valence-corrected chi connectivity index (χ0v) is 12.5. The van der Waals surface area contributed by atoms with E-state index in [-0.39, 0.29) is 16.5 Å². The minimum atomic E-state index is -3.74. The number of sulfonamides is 1. The summed E-state index contributed by atoms with van der Waals surface area (Å²) in [6, 6.07) is 4.50. The summed E-state index contributed by atoms with van der Waals surface area (Å²) in [6.45, 7) is 2.86. The van der Waals surface area contributed by atoms with E-state index in [1.807, 2.05) is 0 Å². The molecule has 0 atom stereocenters. The van der Waals surface area contributed by atoms with Crippen molar-refractivity contribution in [3.63, 3.8) is 0 Å². The van der Waals surface area contributed by atoms with E-state index in [9.17, 15) is 8.42 Å². The van der Waals surface area contributed by atoms with Crippen molar-refractivity contribution in [3.05, 3.63) is 27.7 Å². The molecule has 0 radical (unpaired) electrons. The fourth-order valence-corrected chi connectivity index (χ4v) is 3.59. The Balaban J connectivity index is 3.14. The average Bonchev–Trinajstić information content (AvgIpc) is 2.15. The number of halogens is 2. The van der Waals surface area contributed by atoms with Gasteiger partial charge in [-0.1, -0.05) is 27.5 Å². The Morgan fingerprint density at radius 3 is 2.53 bits per heavy atom. The van der Waals surface area contributed by atoms with Crippen LogP contribution in [0, 0.1) is 0 Å². The Morgan fingerprint density at radius 1 is 1.47 bits per heavy atom. The molecule has 1 rings (SSSR count). The standard InChI is InChI=1S/C10H13BrClNO3S/c1-10(2,6-14)13-17(15,16)9-4-3-7(11)5-8(9)12/h3-5,13-14H,6H2,1-2H3. The van der Waals surface area contributed by atoms with Crippen LogP contribution < -0.4 is 4.72 Å². The molecule has 0 saturated heterocycles. The smallest absolute Gasteiger partial charge is 0.242 e. The van der Waals surface area contributed by atoms with Gasteiger partial charge in [0.15, 0.2) is 0 Å². The van der Waals surface area contributed by atoms with E-state index in [2.05, 4.69) is 20.7 Å². The molecule has 96 valence electrons. The Kier molecular flexibility index (Phi) is 4.60. The molecule has 0 saturated carbocycles. The van der Waals surface area contributed by atoms with Crippen molar-refractivity contribution in [1.82, 2.24) is 4.72 Å². The molecule has 1 aromatic carbocycles.